The Hall–Kier alpha value is -3.07. The fourth-order valence-electron chi connectivity index (χ4n) is 2.43. The normalized spacial score (nSPS) is 11.0. The molecule has 0 aliphatic heterocycles. The number of sulfone groups is 1. The van der Waals surface area contributed by atoms with Crippen molar-refractivity contribution < 1.29 is 37.3 Å². The molecule has 0 aromatic heterocycles. The number of hydrogen-bond acceptors (Lipinski definition) is 7. The van der Waals surface area contributed by atoms with Gasteiger partial charge in [0, 0.05) is 0 Å². The number of carboxylic acid groups (broad SMARTS) is 1. The van der Waals surface area contributed by atoms with Gasteiger partial charge in [0.2, 0.25) is 9.84 Å². The van der Waals surface area contributed by atoms with Crippen molar-refractivity contribution in [3.05, 3.63) is 48.5 Å². The third-order valence-electron chi connectivity index (χ3n) is 4.00. The van der Waals surface area contributed by atoms with Crippen LogP contribution in [0.1, 0.15) is 26.2 Å². The molecule has 0 amide bonds. The molecule has 9 heteroatoms. The zero-order valence-corrected chi connectivity index (χ0v) is 17.4. The first-order chi connectivity index (χ1) is 14.3. The topological polar surface area (TPSA) is 116 Å². The van der Waals surface area contributed by atoms with Gasteiger partial charge >= 0.3 is 11.9 Å². The van der Waals surface area contributed by atoms with Gasteiger partial charge < -0.3 is 19.3 Å². The maximum atomic E-state index is 12.7. The number of benzene rings is 2. The fourth-order valence-corrected chi connectivity index (χ4v) is 3.69. The van der Waals surface area contributed by atoms with Crippen LogP contribution in [0.3, 0.4) is 0 Å². The summed E-state index contributed by atoms with van der Waals surface area (Å²) < 4.78 is 40.8. The minimum absolute atomic E-state index is 0.0366. The van der Waals surface area contributed by atoms with E-state index in [0.717, 1.165) is 19.3 Å². The van der Waals surface area contributed by atoms with E-state index in [4.69, 9.17) is 19.3 Å². The summed E-state index contributed by atoms with van der Waals surface area (Å²) in [7, 11) is -3.77. The molecule has 2 aromatic carbocycles. The van der Waals surface area contributed by atoms with E-state index in [9.17, 15) is 18.0 Å². The highest BCUT2D eigenvalue weighted by Crippen LogP contribution is 2.25. The summed E-state index contributed by atoms with van der Waals surface area (Å²) in [5.41, 5.74) is 0. The van der Waals surface area contributed by atoms with E-state index in [-0.39, 0.29) is 22.1 Å². The van der Waals surface area contributed by atoms with Crippen LogP contribution in [-0.4, -0.2) is 45.3 Å². The fraction of sp³-hybridized carbons (Fsp3) is 0.333. The van der Waals surface area contributed by atoms with Crippen molar-refractivity contribution in [3.63, 3.8) is 0 Å². The summed E-state index contributed by atoms with van der Waals surface area (Å²) >= 11 is 0. The zero-order chi connectivity index (χ0) is 22.0. The van der Waals surface area contributed by atoms with Crippen molar-refractivity contribution in [1.82, 2.24) is 0 Å². The molecule has 0 spiro atoms. The summed E-state index contributed by atoms with van der Waals surface area (Å²) in [4.78, 5) is 22.2. The molecule has 162 valence electrons. The minimum Gasteiger partial charge on any atom is -0.482 e. The Morgan fingerprint density at radius 1 is 0.833 bits per heavy atom. The highest BCUT2D eigenvalue weighted by molar-refractivity contribution is 7.91. The second-order valence-electron chi connectivity index (χ2n) is 6.34. The number of carbonyl (C=O) groups excluding carboxylic acids is 1. The lowest BCUT2D eigenvalue weighted by atomic mass is 10.3. The minimum atomic E-state index is -3.77. The van der Waals surface area contributed by atoms with E-state index in [1.54, 1.807) is 0 Å². The molecule has 0 radical (unpaired) electrons. The van der Waals surface area contributed by atoms with Gasteiger partial charge in [0.1, 0.15) is 11.5 Å². The average Bonchev–Trinajstić information content (AvgIpc) is 2.74. The molecule has 1 N–H and O–H groups in total. The molecular weight excluding hydrogens is 412 g/mol. The third-order valence-corrected chi connectivity index (χ3v) is 5.78. The number of unbranched alkanes of at least 4 members (excludes halogenated alkanes) is 2. The van der Waals surface area contributed by atoms with E-state index in [2.05, 4.69) is 6.92 Å². The summed E-state index contributed by atoms with van der Waals surface area (Å²) in [6, 6.07) is 11.1. The number of rotatable bonds is 12. The predicted molar refractivity (Wildman–Crippen MR) is 107 cm³/mol. The monoisotopic (exact) mass is 436 g/mol. The van der Waals surface area contributed by atoms with Gasteiger partial charge in [-0.1, -0.05) is 19.8 Å². The lowest BCUT2D eigenvalue weighted by Crippen LogP contribution is -2.15. The molecule has 0 fully saturated rings. The van der Waals surface area contributed by atoms with Gasteiger partial charge in [-0.3, -0.25) is 0 Å². The summed E-state index contributed by atoms with van der Waals surface area (Å²) in [5, 5.41) is 8.60. The zero-order valence-electron chi connectivity index (χ0n) is 16.6. The highest BCUT2D eigenvalue weighted by atomic mass is 32.2. The van der Waals surface area contributed by atoms with Crippen LogP contribution in [0.15, 0.2) is 58.3 Å². The number of hydrogen-bond donors (Lipinski definition) is 1. The molecule has 0 aliphatic carbocycles. The molecule has 0 heterocycles. The van der Waals surface area contributed by atoms with Crippen molar-refractivity contribution in [2.45, 2.75) is 36.0 Å². The quantitative estimate of drug-likeness (QED) is 0.399. The van der Waals surface area contributed by atoms with Gasteiger partial charge in [0.25, 0.3) is 0 Å². The Kier molecular flexibility index (Phi) is 8.67. The van der Waals surface area contributed by atoms with Crippen molar-refractivity contribution in [2.24, 2.45) is 0 Å². The van der Waals surface area contributed by atoms with Crippen LogP contribution in [0.4, 0.5) is 0 Å². The smallest absolute Gasteiger partial charge is 0.344 e. The molecule has 8 nitrogen and oxygen atoms in total. The molecule has 2 aromatic rings. The first-order valence-corrected chi connectivity index (χ1v) is 10.9. The molecule has 0 atom stereocenters. The molecule has 0 unspecified atom stereocenters. The van der Waals surface area contributed by atoms with Gasteiger partial charge in [0.15, 0.2) is 13.2 Å². The second kappa shape index (κ2) is 11.2. The van der Waals surface area contributed by atoms with Crippen LogP contribution in [0.2, 0.25) is 0 Å². The number of aliphatic carboxylic acids is 1. The van der Waals surface area contributed by atoms with Crippen LogP contribution >= 0.6 is 0 Å². The van der Waals surface area contributed by atoms with Gasteiger partial charge in [0.05, 0.1) is 16.4 Å². The lowest BCUT2D eigenvalue weighted by Gasteiger charge is -2.09. The Labute approximate surface area is 175 Å². The molecule has 0 aliphatic rings. The maximum Gasteiger partial charge on any atom is 0.344 e. The van der Waals surface area contributed by atoms with Crippen LogP contribution < -0.4 is 9.47 Å². The predicted octanol–water partition coefficient (Wildman–Crippen LogP) is 3.10. The van der Waals surface area contributed by atoms with Crippen molar-refractivity contribution >= 4 is 21.8 Å². The Morgan fingerprint density at radius 2 is 1.33 bits per heavy atom. The number of esters is 1. The SMILES string of the molecule is CCCCCOC(=O)COc1ccc(S(=O)(=O)c2ccc(OCC(=O)O)cc2)cc1. The molecule has 0 saturated heterocycles. The third kappa shape index (κ3) is 7.07. The molecule has 0 saturated carbocycles. The summed E-state index contributed by atoms with van der Waals surface area (Å²) in [5.74, 6) is -1.01. The number of carbonyl (C=O) groups is 2. The second-order valence-corrected chi connectivity index (χ2v) is 8.29. The van der Waals surface area contributed by atoms with E-state index in [1.807, 2.05) is 0 Å². The van der Waals surface area contributed by atoms with Crippen LogP contribution in [-0.2, 0) is 24.2 Å². The molecule has 2 rings (SSSR count). The first-order valence-electron chi connectivity index (χ1n) is 9.41. The molecule has 30 heavy (non-hydrogen) atoms. The standard InChI is InChI=1S/C21H24O8S/c1-2-3-4-13-27-21(24)15-29-17-7-11-19(12-8-17)30(25,26)18-9-5-16(6-10-18)28-14-20(22)23/h5-12H,2-4,13-15H2,1H3,(H,22,23). The van der Waals surface area contributed by atoms with Gasteiger partial charge in [-0.05, 0) is 55.0 Å². The molecule has 0 bridgehead atoms. The first kappa shape index (κ1) is 23.2. The van der Waals surface area contributed by atoms with Crippen molar-refractivity contribution in [2.75, 3.05) is 19.8 Å². The highest BCUT2D eigenvalue weighted by Gasteiger charge is 2.18. The van der Waals surface area contributed by atoms with Crippen LogP contribution in [0.5, 0.6) is 11.5 Å². The van der Waals surface area contributed by atoms with Crippen LogP contribution in [0.25, 0.3) is 0 Å². The Balaban J connectivity index is 1.94. The average molecular weight is 436 g/mol. The van der Waals surface area contributed by atoms with E-state index in [1.165, 1.54) is 48.5 Å². The van der Waals surface area contributed by atoms with Gasteiger partial charge in [-0.25, -0.2) is 18.0 Å². The van der Waals surface area contributed by atoms with Gasteiger partial charge in [-0.15, -0.1) is 0 Å². The Bertz CT molecular complexity index is 934. The van der Waals surface area contributed by atoms with Crippen molar-refractivity contribution in [3.8, 4) is 11.5 Å². The van der Waals surface area contributed by atoms with E-state index in [0.29, 0.717) is 12.4 Å². The van der Waals surface area contributed by atoms with Gasteiger partial charge in [-0.2, -0.15) is 0 Å². The molecular formula is C21H24O8S. The Morgan fingerprint density at radius 3 is 1.80 bits per heavy atom. The van der Waals surface area contributed by atoms with Crippen LogP contribution in [0, 0.1) is 0 Å². The summed E-state index contributed by atoms with van der Waals surface area (Å²) in [6.07, 6.45) is 2.83. The largest absolute Gasteiger partial charge is 0.482 e. The van der Waals surface area contributed by atoms with E-state index >= 15 is 0 Å². The van der Waals surface area contributed by atoms with Crippen molar-refractivity contribution in [1.29, 1.82) is 0 Å². The number of ether oxygens (including phenoxy) is 3. The lowest BCUT2D eigenvalue weighted by molar-refractivity contribution is -0.146. The summed E-state index contributed by atoms with van der Waals surface area (Å²) in [6.45, 7) is 1.64. The number of carboxylic acids is 1. The maximum absolute atomic E-state index is 12.7. The van der Waals surface area contributed by atoms with E-state index < -0.39 is 28.4 Å².